The molecule has 0 amide bonds. The van der Waals surface area contributed by atoms with Crippen LogP contribution in [0.4, 0.5) is 0 Å². The maximum Gasteiger partial charge on any atom is 0.324 e. The maximum atomic E-state index is 12.4. The lowest BCUT2D eigenvalue weighted by molar-refractivity contribution is -0.139. The number of aliphatic carboxylic acids is 1. The molecule has 0 aliphatic carbocycles. The number of aromatic nitrogens is 1. The monoisotopic (exact) mass is 323 g/mol. The summed E-state index contributed by atoms with van der Waals surface area (Å²) in [6.45, 7) is 5.91. The number of carboxylic acids is 1. The molecule has 6 nitrogen and oxygen atoms in total. The first-order chi connectivity index (χ1) is 10.1. The second kappa shape index (κ2) is 5.24. The van der Waals surface area contributed by atoms with Crippen molar-refractivity contribution < 1.29 is 22.8 Å². The number of nitrogens with zero attached hydrogens (tertiary/aromatic N) is 1. The molecule has 0 aliphatic rings. The number of aryl methyl sites for hydroxylation is 2. The molecule has 1 aromatic carbocycles. The summed E-state index contributed by atoms with van der Waals surface area (Å²) in [7, 11) is -3.98. The van der Waals surface area contributed by atoms with Gasteiger partial charge in [-0.05, 0) is 45.4 Å². The molecular formula is C15H17NO5S. The molecule has 1 N–H and O–H groups in total. The number of benzene rings is 1. The Hall–Kier alpha value is -2.15. The highest BCUT2D eigenvalue weighted by Gasteiger charge is 2.42. The van der Waals surface area contributed by atoms with Crippen molar-refractivity contribution in [2.75, 3.05) is 0 Å². The molecule has 2 aromatic rings. The van der Waals surface area contributed by atoms with Crippen LogP contribution in [-0.2, 0) is 14.6 Å². The topological polar surface area (TPSA) is 97.5 Å². The number of hydrogen-bond acceptors (Lipinski definition) is 5. The minimum absolute atomic E-state index is 0.0320. The third-order valence-corrected chi connectivity index (χ3v) is 6.08. The fraction of sp³-hybridized carbons (Fsp3) is 0.333. The zero-order valence-electron chi connectivity index (χ0n) is 12.7. The molecule has 0 radical (unpaired) electrons. The minimum Gasteiger partial charge on any atom is -0.480 e. The molecule has 1 heterocycles. The molecule has 0 saturated carbocycles. The Morgan fingerprint density at radius 3 is 2.14 bits per heavy atom. The van der Waals surface area contributed by atoms with Crippen molar-refractivity contribution in [2.45, 2.75) is 37.3 Å². The van der Waals surface area contributed by atoms with Crippen molar-refractivity contribution >= 4 is 15.8 Å². The number of carbonyl (C=O) groups is 1. The molecule has 2 rings (SSSR count). The van der Waals surface area contributed by atoms with E-state index in [0.29, 0.717) is 11.5 Å². The first kappa shape index (κ1) is 16.2. The summed E-state index contributed by atoms with van der Waals surface area (Å²) >= 11 is 0. The van der Waals surface area contributed by atoms with Gasteiger partial charge in [0.05, 0.1) is 10.6 Å². The van der Waals surface area contributed by atoms with Crippen LogP contribution in [0.3, 0.4) is 0 Å². The number of hydrogen-bond donors (Lipinski definition) is 1. The summed E-state index contributed by atoms with van der Waals surface area (Å²) in [6.07, 6.45) is 0. The van der Waals surface area contributed by atoms with Gasteiger partial charge in [0.25, 0.3) is 0 Å². The lowest BCUT2D eigenvalue weighted by Crippen LogP contribution is -2.40. The van der Waals surface area contributed by atoms with Crippen LogP contribution in [0.15, 0.2) is 33.7 Å². The van der Waals surface area contributed by atoms with E-state index in [1.807, 2.05) is 0 Å². The summed E-state index contributed by atoms with van der Waals surface area (Å²) in [6, 6.07) is 6.05. The van der Waals surface area contributed by atoms with Crippen LogP contribution < -0.4 is 0 Å². The SMILES string of the molecule is Cc1noc(C)c1-c1ccc(S(=O)(=O)C(C)(C)C(=O)O)cc1. The molecule has 0 aliphatic heterocycles. The summed E-state index contributed by atoms with van der Waals surface area (Å²) in [5.41, 5.74) is 2.28. The van der Waals surface area contributed by atoms with Crippen molar-refractivity contribution in [1.82, 2.24) is 5.16 Å². The molecule has 7 heteroatoms. The Balaban J connectivity index is 2.48. The lowest BCUT2D eigenvalue weighted by Gasteiger charge is -2.19. The lowest BCUT2D eigenvalue weighted by atomic mass is 10.0. The molecule has 118 valence electrons. The van der Waals surface area contributed by atoms with E-state index in [4.69, 9.17) is 9.63 Å². The van der Waals surface area contributed by atoms with Crippen LogP contribution >= 0.6 is 0 Å². The fourth-order valence-corrected chi connectivity index (χ4v) is 3.42. The third-order valence-electron chi connectivity index (χ3n) is 3.67. The molecular weight excluding hydrogens is 306 g/mol. The fourth-order valence-electron chi connectivity index (χ4n) is 2.11. The van der Waals surface area contributed by atoms with Gasteiger partial charge in [-0.15, -0.1) is 0 Å². The summed E-state index contributed by atoms with van der Waals surface area (Å²) in [4.78, 5) is 11.2. The van der Waals surface area contributed by atoms with E-state index in [0.717, 1.165) is 11.1 Å². The van der Waals surface area contributed by atoms with Crippen molar-refractivity contribution in [3.05, 3.63) is 35.7 Å². The van der Waals surface area contributed by atoms with Crippen molar-refractivity contribution in [3.63, 3.8) is 0 Å². The van der Waals surface area contributed by atoms with Crippen molar-refractivity contribution in [3.8, 4) is 11.1 Å². The second-order valence-electron chi connectivity index (χ2n) is 5.54. The highest BCUT2D eigenvalue weighted by atomic mass is 32.2. The van der Waals surface area contributed by atoms with Crippen molar-refractivity contribution in [1.29, 1.82) is 0 Å². The molecule has 22 heavy (non-hydrogen) atoms. The molecule has 0 saturated heterocycles. The minimum atomic E-state index is -3.98. The molecule has 0 fully saturated rings. The van der Waals surface area contributed by atoms with E-state index in [1.165, 1.54) is 26.0 Å². The first-order valence-electron chi connectivity index (χ1n) is 6.60. The summed E-state index contributed by atoms with van der Waals surface area (Å²) < 4.78 is 28.0. The van der Waals surface area contributed by atoms with Crippen LogP contribution in [0.2, 0.25) is 0 Å². The molecule has 1 aromatic heterocycles. The van der Waals surface area contributed by atoms with E-state index in [2.05, 4.69) is 5.16 Å². The van der Waals surface area contributed by atoms with Crippen LogP contribution in [0.5, 0.6) is 0 Å². The van der Waals surface area contributed by atoms with Gasteiger partial charge in [-0.3, -0.25) is 4.79 Å². The van der Waals surface area contributed by atoms with E-state index in [-0.39, 0.29) is 4.90 Å². The average Bonchev–Trinajstić information content (AvgIpc) is 2.78. The number of rotatable bonds is 4. The Morgan fingerprint density at radius 2 is 1.73 bits per heavy atom. The quantitative estimate of drug-likeness (QED) is 0.928. The molecule has 0 spiro atoms. The molecule has 0 atom stereocenters. The van der Waals surface area contributed by atoms with Gasteiger partial charge in [0.15, 0.2) is 14.6 Å². The predicted octanol–water partition coefficient (Wildman–Crippen LogP) is 2.60. The van der Waals surface area contributed by atoms with Gasteiger partial charge < -0.3 is 9.63 Å². The molecule has 0 unspecified atom stereocenters. The highest BCUT2D eigenvalue weighted by molar-refractivity contribution is 7.93. The average molecular weight is 323 g/mol. The van der Waals surface area contributed by atoms with Crippen LogP contribution in [0.1, 0.15) is 25.3 Å². The van der Waals surface area contributed by atoms with Gasteiger partial charge in [-0.25, -0.2) is 8.42 Å². The zero-order valence-corrected chi connectivity index (χ0v) is 13.6. The van der Waals surface area contributed by atoms with Gasteiger partial charge >= 0.3 is 5.97 Å². The largest absolute Gasteiger partial charge is 0.480 e. The Kier molecular flexibility index (Phi) is 3.87. The number of sulfone groups is 1. The summed E-state index contributed by atoms with van der Waals surface area (Å²) in [5, 5.41) is 13.0. The maximum absolute atomic E-state index is 12.4. The van der Waals surface area contributed by atoms with Gasteiger partial charge in [0.2, 0.25) is 0 Å². The van der Waals surface area contributed by atoms with Gasteiger partial charge in [-0.1, -0.05) is 17.3 Å². The van der Waals surface area contributed by atoms with E-state index >= 15 is 0 Å². The van der Waals surface area contributed by atoms with Crippen LogP contribution in [0.25, 0.3) is 11.1 Å². The van der Waals surface area contributed by atoms with E-state index < -0.39 is 20.6 Å². The normalized spacial score (nSPS) is 12.4. The molecule has 0 bridgehead atoms. The van der Waals surface area contributed by atoms with Gasteiger partial charge in [0, 0.05) is 5.56 Å². The van der Waals surface area contributed by atoms with Gasteiger partial charge in [0.1, 0.15) is 5.76 Å². The van der Waals surface area contributed by atoms with Crippen molar-refractivity contribution in [2.24, 2.45) is 0 Å². The second-order valence-corrected chi connectivity index (χ2v) is 8.04. The number of carboxylic acid groups (broad SMARTS) is 1. The predicted molar refractivity (Wildman–Crippen MR) is 80.3 cm³/mol. The van der Waals surface area contributed by atoms with Crippen LogP contribution in [0, 0.1) is 13.8 Å². The Bertz CT molecular complexity index is 797. The smallest absolute Gasteiger partial charge is 0.324 e. The summed E-state index contributed by atoms with van der Waals surface area (Å²) in [5.74, 6) is -0.749. The standard InChI is InChI=1S/C15H17NO5S/c1-9-13(10(2)21-16-9)11-5-7-12(8-6-11)22(19,20)15(3,4)14(17)18/h5-8H,1-4H3,(H,17,18). The first-order valence-corrected chi connectivity index (χ1v) is 8.08. The van der Waals surface area contributed by atoms with E-state index in [1.54, 1.807) is 26.0 Å². The van der Waals surface area contributed by atoms with E-state index in [9.17, 15) is 13.2 Å². The van der Waals surface area contributed by atoms with Gasteiger partial charge in [-0.2, -0.15) is 0 Å². The highest BCUT2D eigenvalue weighted by Crippen LogP contribution is 2.30. The Morgan fingerprint density at radius 1 is 1.18 bits per heavy atom. The van der Waals surface area contributed by atoms with Crippen LogP contribution in [-0.4, -0.2) is 29.4 Å². The third kappa shape index (κ3) is 2.41. The zero-order chi connectivity index (χ0) is 16.7. The Labute approximate surface area is 128 Å².